The lowest BCUT2D eigenvalue weighted by Gasteiger charge is -2.35. The average Bonchev–Trinajstić information content (AvgIpc) is 2.79. The first-order valence-corrected chi connectivity index (χ1v) is 9.56. The number of hydrogen-bond donors (Lipinski definition) is 0. The first-order chi connectivity index (χ1) is 11.4. The van der Waals surface area contributed by atoms with Gasteiger partial charge in [-0.15, -0.1) is 0 Å². The van der Waals surface area contributed by atoms with Crippen LogP contribution in [0.15, 0.2) is 16.6 Å². The van der Waals surface area contributed by atoms with Gasteiger partial charge in [-0.1, -0.05) is 28.8 Å². The Morgan fingerprint density at radius 1 is 1.12 bits per heavy atom. The molecule has 0 aromatic heterocycles. The van der Waals surface area contributed by atoms with Crippen LogP contribution in [0.4, 0.5) is 5.69 Å². The molecule has 1 saturated carbocycles. The predicted octanol–water partition coefficient (Wildman–Crippen LogP) is 4.23. The molecule has 2 amide bonds. The van der Waals surface area contributed by atoms with Crippen molar-refractivity contribution in [1.82, 2.24) is 0 Å². The number of halogens is 1. The van der Waals surface area contributed by atoms with Gasteiger partial charge >= 0.3 is 0 Å². The van der Waals surface area contributed by atoms with Crippen molar-refractivity contribution in [2.24, 2.45) is 11.8 Å². The fourth-order valence-corrected chi connectivity index (χ4v) is 4.78. The number of ether oxygens (including phenoxy) is 1. The molecule has 2 unspecified atom stereocenters. The predicted molar refractivity (Wildman–Crippen MR) is 95.1 cm³/mol. The SMILES string of the molecule is CC1(C)CCc2c(Br)ccc(N3C(=O)C4CCCCC4C3=O)c2O1. The van der Waals surface area contributed by atoms with Gasteiger partial charge in [-0.25, -0.2) is 4.90 Å². The lowest BCUT2D eigenvalue weighted by Crippen LogP contribution is -2.36. The van der Waals surface area contributed by atoms with Crippen LogP contribution in [0, 0.1) is 11.8 Å². The van der Waals surface area contributed by atoms with Gasteiger partial charge in [0.15, 0.2) is 0 Å². The maximum absolute atomic E-state index is 12.9. The van der Waals surface area contributed by atoms with Crippen LogP contribution >= 0.6 is 15.9 Å². The van der Waals surface area contributed by atoms with Gasteiger partial charge in [-0.05, 0) is 51.7 Å². The zero-order valence-corrected chi connectivity index (χ0v) is 15.7. The minimum absolute atomic E-state index is 0.0406. The second-order valence-electron chi connectivity index (χ2n) is 7.75. The summed E-state index contributed by atoms with van der Waals surface area (Å²) in [6.45, 7) is 4.10. The van der Waals surface area contributed by atoms with Gasteiger partial charge in [0.1, 0.15) is 11.4 Å². The van der Waals surface area contributed by atoms with Crippen molar-refractivity contribution in [3.05, 3.63) is 22.2 Å². The highest BCUT2D eigenvalue weighted by Gasteiger charge is 2.50. The summed E-state index contributed by atoms with van der Waals surface area (Å²) in [4.78, 5) is 27.3. The van der Waals surface area contributed by atoms with Crippen LogP contribution < -0.4 is 9.64 Å². The number of anilines is 1. The average molecular weight is 392 g/mol. The molecule has 2 aliphatic heterocycles. The van der Waals surface area contributed by atoms with Crippen molar-refractivity contribution in [3.8, 4) is 5.75 Å². The number of imide groups is 1. The van der Waals surface area contributed by atoms with E-state index in [4.69, 9.17) is 4.74 Å². The molecule has 5 heteroatoms. The summed E-state index contributed by atoms with van der Waals surface area (Å²) >= 11 is 3.59. The molecule has 1 aliphatic carbocycles. The Hall–Kier alpha value is -1.36. The minimum atomic E-state index is -0.291. The molecule has 128 valence electrons. The molecule has 0 spiro atoms. The van der Waals surface area contributed by atoms with Crippen LogP contribution in [-0.4, -0.2) is 17.4 Å². The number of hydrogen-bond acceptors (Lipinski definition) is 3. The second-order valence-corrected chi connectivity index (χ2v) is 8.60. The molecule has 0 radical (unpaired) electrons. The third-order valence-electron chi connectivity index (χ3n) is 5.62. The smallest absolute Gasteiger partial charge is 0.237 e. The van der Waals surface area contributed by atoms with E-state index in [1.54, 1.807) is 0 Å². The van der Waals surface area contributed by atoms with E-state index in [9.17, 15) is 9.59 Å². The largest absolute Gasteiger partial charge is 0.485 e. The van der Waals surface area contributed by atoms with Gasteiger partial charge in [0.25, 0.3) is 0 Å². The lowest BCUT2D eigenvalue weighted by molar-refractivity contribution is -0.122. The first kappa shape index (κ1) is 16.1. The molecule has 2 atom stereocenters. The van der Waals surface area contributed by atoms with Crippen LogP contribution in [0.3, 0.4) is 0 Å². The Balaban J connectivity index is 1.80. The Bertz CT molecular complexity index is 704. The van der Waals surface area contributed by atoms with Gasteiger partial charge in [-0.2, -0.15) is 0 Å². The van der Waals surface area contributed by atoms with Gasteiger partial charge in [0.05, 0.1) is 17.5 Å². The van der Waals surface area contributed by atoms with E-state index in [0.717, 1.165) is 48.6 Å². The number of benzene rings is 1. The molecular weight excluding hydrogens is 370 g/mol. The summed E-state index contributed by atoms with van der Waals surface area (Å²) in [5.41, 5.74) is 1.40. The van der Waals surface area contributed by atoms with Crippen LogP contribution in [-0.2, 0) is 16.0 Å². The highest BCUT2D eigenvalue weighted by atomic mass is 79.9. The number of rotatable bonds is 1. The van der Waals surface area contributed by atoms with Gasteiger partial charge in [-0.3, -0.25) is 9.59 Å². The van der Waals surface area contributed by atoms with Crippen molar-refractivity contribution in [2.75, 3.05) is 4.90 Å². The number of amides is 2. The monoisotopic (exact) mass is 391 g/mol. The molecule has 0 N–H and O–H groups in total. The summed E-state index contributed by atoms with van der Waals surface area (Å²) < 4.78 is 7.20. The molecule has 1 aromatic carbocycles. The van der Waals surface area contributed by atoms with E-state index in [-0.39, 0.29) is 29.3 Å². The Morgan fingerprint density at radius 2 is 1.75 bits per heavy atom. The van der Waals surface area contributed by atoms with E-state index < -0.39 is 0 Å². The van der Waals surface area contributed by atoms with Crippen molar-refractivity contribution >= 4 is 33.4 Å². The summed E-state index contributed by atoms with van der Waals surface area (Å²) in [5.74, 6) is 0.340. The maximum atomic E-state index is 12.9. The van der Waals surface area contributed by atoms with Crippen molar-refractivity contribution in [1.29, 1.82) is 0 Å². The third-order valence-corrected chi connectivity index (χ3v) is 6.36. The molecule has 1 aromatic rings. The number of carbonyl (C=O) groups is 2. The molecule has 1 saturated heterocycles. The molecule has 0 bridgehead atoms. The maximum Gasteiger partial charge on any atom is 0.237 e. The van der Waals surface area contributed by atoms with Crippen LogP contribution in [0.5, 0.6) is 5.75 Å². The summed E-state index contributed by atoms with van der Waals surface area (Å²) in [5, 5.41) is 0. The van der Waals surface area contributed by atoms with Gasteiger partial charge in [0, 0.05) is 10.0 Å². The highest BCUT2D eigenvalue weighted by molar-refractivity contribution is 9.10. The van der Waals surface area contributed by atoms with Crippen LogP contribution in [0.25, 0.3) is 0 Å². The number of fused-ring (bicyclic) bond motifs is 2. The lowest BCUT2D eigenvalue weighted by atomic mass is 9.81. The van der Waals surface area contributed by atoms with E-state index in [2.05, 4.69) is 15.9 Å². The summed E-state index contributed by atoms with van der Waals surface area (Å²) in [7, 11) is 0. The van der Waals surface area contributed by atoms with E-state index in [1.165, 1.54) is 4.90 Å². The molecular formula is C19H22BrNO3. The zero-order chi connectivity index (χ0) is 17.1. The molecule has 2 heterocycles. The molecule has 2 fully saturated rings. The number of nitrogens with zero attached hydrogens (tertiary/aromatic N) is 1. The fraction of sp³-hybridized carbons (Fsp3) is 0.579. The Kier molecular flexibility index (Phi) is 3.75. The van der Waals surface area contributed by atoms with Gasteiger partial charge < -0.3 is 4.74 Å². The van der Waals surface area contributed by atoms with Crippen molar-refractivity contribution in [3.63, 3.8) is 0 Å². The Labute approximate surface area is 150 Å². The Morgan fingerprint density at radius 3 is 2.38 bits per heavy atom. The minimum Gasteiger partial charge on any atom is -0.485 e. The topological polar surface area (TPSA) is 46.6 Å². The second kappa shape index (κ2) is 5.58. The molecule has 4 rings (SSSR count). The standard InChI is InChI=1S/C19H22BrNO3/c1-19(2)10-9-13-14(20)7-8-15(16(13)24-19)21-17(22)11-5-3-4-6-12(11)18(21)23/h7-8,11-12H,3-6,9-10H2,1-2H3. The molecule has 3 aliphatic rings. The van der Waals surface area contributed by atoms with Crippen molar-refractivity contribution in [2.45, 2.75) is 58.0 Å². The third kappa shape index (κ3) is 2.40. The summed E-state index contributed by atoms with van der Waals surface area (Å²) in [6.07, 6.45) is 5.52. The fourth-order valence-electron chi connectivity index (χ4n) is 4.27. The molecule has 4 nitrogen and oxygen atoms in total. The summed E-state index contributed by atoms with van der Waals surface area (Å²) in [6, 6.07) is 3.77. The van der Waals surface area contributed by atoms with Crippen molar-refractivity contribution < 1.29 is 14.3 Å². The zero-order valence-electron chi connectivity index (χ0n) is 14.1. The quantitative estimate of drug-likeness (QED) is 0.672. The van der Waals surface area contributed by atoms with Gasteiger partial charge in [0.2, 0.25) is 11.8 Å². The van der Waals surface area contributed by atoms with Crippen LogP contribution in [0.2, 0.25) is 0 Å². The van der Waals surface area contributed by atoms with E-state index in [1.807, 2.05) is 26.0 Å². The van der Waals surface area contributed by atoms with Crippen LogP contribution in [0.1, 0.15) is 51.5 Å². The van der Waals surface area contributed by atoms with E-state index >= 15 is 0 Å². The van der Waals surface area contributed by atoms with E-state index in [0.29, 0.717) is 11.4 Å². The number of carbonyl (C=O) groups excluding carboxylic acids is 2. The first-order valence-electron chi connectivity index (χ1n) is 8.77. The molecule has 24 heavy (non-hydrogen) atoms. The highest BCUT2D eigenvalue weighted by Crippen LogP contribution is 2.47. The normalized spacial score (nSPS) is 28.4.